The van der Waals surface area contributed by atoms with Gasteiger partial charge in [-0.2, -0.15) is 0 Å². The molecule has 1 amide bonds. The van der Waals surface area contributed by atoms with Gasteiger partial charge in [-0.15, -0.1) is 0 Å². The molecule has 1 aliphatic rings. The Bertz CT molecular complexity index is 916. The summed E-state index contributed by atoms with van der Waals surface area (Å²) >= 11 is 8.75. The van der Waals surface area contributed by atoms with Crippen LogP contribution < -0.4 is 20.1 Å². The van der Waals surface area contributed by atoms with E-state index in [2.05, 4.69) is 40.4 Å². The molecule has 0 spiro atoms. The highest BCUT2D eigenvalue weighted by Gasteiger charge is 2.16. The Kier molecular flexibility index (Phi) is 8.69. The van der Waals surface area contributed by atoms with Crippen LogP contribution in [0.15, 0.2) is 46.9 Å². The van der Waals surface area contributed by atoms with E-state index in [4.69, 9.17) is 26.4 Å². The fourth-order valence-corrected chi connectivity index (χ4v) is 3.69. The molecule has 1 saturated heterocycles. The minimum Gasteiger partial charge on any atom is -0.492 e. The summed E-state index contributed by atoms with van der Waals surface area (Å²) in [7, 11) is 0. The number of carbonyl (C=O) groups excluding carboxylic acids is 1. The fourth-order valence-electron chi connectivity index (χ4n) is 2.98. The maximum Gasteiger partial charge on any atom is 0.257 e. The second-order valence-electron chi connectivity index (χ2n) is 7.73. The Labute approximate surface area is 196 Å². The number of carbonyl (C=O) groups is 1. The third-order valence-corrected chi connectivity index (χ3v) is 5.37. The maximum atomic E-state index is 12.6. The Morgan fingerprint density at radius 1 is 1.26 bits per heavy atom. The van der Waals surface area contributed by atoms with E-state index in [1.54, 1.807) is 18.2 Å². The number of nitrogens with one attached hydrogen (secondary N) is 2. The lowest BCUT2D eigenvalue weighted by molar-refractivity contribution is 0.0680. The minimum atomic E-state index is -0.306. The zero-order chi connectivity index (χ0) is 22.2. The summed E-state index contributed by atoms with van der Waals surface area (Å²) in [6.07, 6.45) is 2.25. The van der Waals surface area contributed by atoms with Crippen molar-refractivity contribution < 1.29 is 19.0 Å². The van der Waals surface area contributed by atoms with Crippen LogP contribution in [0.1, 0.15) is 37.0 Å². The zero-order valence-electron chi connectivity index (χ0n) is 17.7. The highest BCUT2D eigenvalue weighted by atomic mass is 79.9. The minimum absolute atomic E-state index is 0.151. The smallest absolute Gasteiger partial charge is 0.257 e. The average molecular weight is 507 g/mol. The molecule has 0 bridgehead atoms. The summed E-state index contributed by atoms with van der Waals surface area (Å²) in [5.74, 6) is 1.53. The fraction of sp³-hybridized carbons (Fsp3) is 0.391. The van der Waals surface area contributed by atoms with E-state index in [0.29, 0.717) is 30.4 Å². The molecule has 1 aliphatic heterocycles. The monoisotopic (exact) mass is 506 g/mol. The van der Waals surface area contributed by atoms with Crippen molar-refractivity contribution in [2.24, 2.45) is 5.92 Å². The normalized spacial score (nSPS) is 15.5. The van der Waals surface area contributed by atoms with Crippen molar-refractivity contribution in [3.05, 3.63) is 52.5 Å². The number of benzene rings is 2. The molecule has 0 saturated carbocycles. The summed E-state index contributed by atoms with van der Waals surface area (Å²) in [6, 6.07) is 12.6. The summed E-state index contributed by atoms with van der Waals surface area (Å²) in [5, 5.41) is 5.92. The molecule has 6 nitrogen and oxygen atoms in total. The summed E-state index contributed by atoms with van der Waals surface area (Å²) in [4.78, 5) is 12.6. The van der Waals surface area contributed by atoms with Crippen LogP contribution in [0.25, 0.3) is 0 Å². The molecule has 0 radical (unpaired) electrons. The third-order valence-electron chi connectivity index (χ3n) is 4.55. The number of amides is 1. The number of halogens is 1. The Hall–Kier alpha value is -2.16. The second kappa shape index (κ2) is 11.5. The third kappa shape index (κ3) is 7.48. The van der Waals surface area contributed by atoms with Crippen molar-refractivity contribution in [2.75, 3.05) is 25.1 Å². The van der Waals surface area contributed by atoms with Crippen molar-refractivity contribution in [3.63, 3.8) is 0 Å². The summed E-state index contributed by atoms with van der Waals surface area (Å²) in [5.41, 5.74) is 1.20. The van der Waals surface area contributed by atoms with E-state index in [1.165, 1.54) is 0 Å². The van der Waals surface area contributed by atoms with Gasteiger partial charge in [-0.3, -0.25) is 10.1 Å². The molecule has 0 aromatic heterocycles. The number of rotatable bonds is 8. The van der Waals surface area contributed by atoms with Crippen LogP contribution in [0.3, 0.4) is 0 Å². The molecular formula is C23H27BrN2O4S. The van der Waals surface area contributed by atoms with E-state index in [0.717, 1.165) is 35.4 Å². The lowest BCUT2D eigenvalue weighted by Crippen LogP contribution is -2.34. The van der Waals surface area contributed by atoms with Crippen LogP contribution in [0.4, 0.5) is 5.69 Å². The molecule has 1 unspecified atom stereocenters. The Balaban J connectivity index is 1.52. The van der Waals surface area contributed by atoms with Gasteiger partial charge in [0, 0.05) is 23.9 Å². The maximum absolute atomic E-state index is 12.6. The molecule has 8 heteroatoms. The predicted molar refractivity (Wildman–Crippen MR) is 129 cm³/mol. The number of hydrogen-bond donors (Lipinski definition) is 2. The summed E-state index contributed by atoms with van der Waals surface area (Å²) < 4.78 is 17.8. The van der Waals surface area contributed by atoms with Gasteiger partial charge in [0.25, 0.3) is 5.91 Å². The van der Waals surface area contributed by atoms with E-state index < -0.39 is 0 Å². The molecule has 2 aromatic carbocycles. The molecule has 1 atom stereocenters. The zero-order valence-corrected chi connectivity index (χ0v) is 20.1. The predicted octanol–water partition coefficient (Wildman–Crippen LogP) is 5.17. The van der Waals surface area contributed by atoms with Crippen LogP contribution in [-0.4, -0.2) is 36.9 Å². The van der Waals surface area contributed by atoms with E-state index in [-0.39, 0.29) is 17.1 Å². The van der Waals surface area contributed by atoms with Gasteiger partial charge in [-0.25, -0.2) is 0 Å². The first kappa shape index (κ1) is 23.5. The van der Waals surface area contributed by atoms with Gasteiger partial charge in [-0.05, 0) is 77.2 Å². The van der Waals surface area contributed by atoms with Gasteiger partial charge in [-0.1, -0.05) is 19.9 Å². The van der Waals surface area contributed by atoms with Gasteiger partial charge in [0.2, 0.25) is 0 Å². The lowest BCUT2D eigenvalue weighted by Gasteiger charge is -2.14. The first-order valence-electron chi connectivity index (χ1n) is 10.3. The molecule has 2 N–H and O–H groups in total. The molecular weight excluding hydrogens is 480 g/mol. The first-order valence-corrected chi connectivity index (χ1v) is 11.5. The lowest BCUT2D eigenvalue weighted by atomic mass is 10.2. The molecule has 1 heterocycles. The Morgan fingerprint density at radius 3 is 2.81 bits per heavy atom. The van der Waals surface area contributed by atoms with Gasteiger partial charge < -0.3 is 19.5 Å². The van der Waals surface area contributed by atoms with Crippen molar-refractivity contribution in [2.45, 2.75) is 32.8 Å². The first-order chi connectivity index (χ1) is 14.9. The molecule has 3 rings (SSSR count). The van der Waals surface area contributed by atoms with Crippen molar-refractivity contribution in [3.8, 4) is 11.5 Å². The molecule has 2 aromatic rings. The quantitative estimate of drug-likeness (QED) is 0.481. The van der Waals surface area contributed by atoms with Crippen LogP contribution in [0.5, 0.6) is 11.5 Å². The van der Waals surface area contributed by atoms with Crippen molar-refractivity contribution >= 4 is 44.9 Å². The highest BCUT2D eigenvalue weighted by molar-refractivity contribution is 9.10. The largest absolute Gasteiger partial charge is 0.492 e. The van der Waals surface area contributed by atoms with Gasteiger partial charge in [0.15, 0.2) is 5.11 Å². The molecule has 31 heavy (non-hydrogen) atoms. The van der Waals surface area contributed by atoms with Gasteiger partial charge >= 0.3 is 0 Å². The summed E-state index contributed by atoms with van der Waals surface area (Å²) in [6.45, 7) is 6.09. The van der Waals surface area contributed by atoms with Crippen LogP contribution in [-0.2, 0) is 4.74 Å². The van der Waals surface area contributed by atoms with E-state index >= 15 is 0 Å². The van der Waals surface area contributed by atoms with Crippen molar-refractivity contribution in [1.82, 2.24) is 5.32 Å². The molecule has 0 aliphatic carbocycles. The average Bonchev–Trinajstić information content (AvgIpc) is 3.25. The van der Waals surface area contributed by atoms with Crippen LogP contribution in [0, 0.1) is 5.92 Å². The SMILES string of the molecule is CC(C)COc1ccc(C(=O)NC(=S)Nc2cccc(OCC3CCCO3)c2)cc1Br. The van der Waals surface area contributed by atoms with Crippen LogP contribution in [0.2, 0.25) is 0 Å². The molecule has 1 fully saturated rings. The van der Waals surface area contributed by atoms with Gasteiger partial charge in [0.05, 0.1) is 17.2 Å². The van der Waals surface area contributed by atoms with Gasteiger partial charge in [0.1, 0.15) is 18.1 Å². The van der Waals surface area contributed by atoms with Crippen molar-refractivity contribution in [1.29, 1.82) is 0 Å². The highest BCUT2D eigenvalue weighted by Crippen LogP contribution is 2.26. The van der Waals surface area contributed by atoms with E-state index in [1.807, 2.05) is 24.3 Å². The number of ether oxygens (including phenoxy) is 3. The van der Waals surface area contributed by atoms with E-state index in [9.17, 15) is 4.79 Å². The topological polar surface area (TPSA) is 68.8 Å². The second-order valence-corrected chi connectivity index (χ2v) is 8.99. The standard InChI is InChI=1S/C23H27BrN2O4S/c1-15(2)13-30-21-9-8-16(11-20(21)24)22(27)26-23(31)25-17-5-3-6-18(12-17)29-14-19-7-4-10-28-19/h3,5-6,8-9,11-12,15,19H,4,7,10,13-14H2,1-2H3,(H2,25,26,27,31). The van der Waals surface area contributed by atoms with Crippen LogP contribution >= 0.6 is 28.1 Å². The Morgan fingerprint density at radius 2 is 2.10 bits per heavy atom. The number of hydrogen-bond acceptors (Lipinski definition) is 5. The number of anilines is 1. The number of thiocarbonyl (C=S) groups is 1. The molecule has 166 valence electrons.